The van der Waals surface area contributed by atoms with Crippen LogP contribution in [0.5, 0.6) is 0 Å². The molecule has 0 aromatic rings. The minimum Gasteiger partial charge on any atom is -0.429 e. The van der Waals surface area contributed by atoms with Crippen LogP contribution in [-0.2, 0) is 9.53 Å². The molecule has 1 rings (SSSR count). The highest BCUT2D eigenvalue weighted by molar-refractivity contribution is 5.77. The fraction of sp³-hybridized carbons (Fsp3) is 0.800. The molecule has 0 saturated carbocycles. The molecular weight excluding hydrogens is 242 g/mol. The standard InChI is InChI=1S/C15H27NO3/c1-8-15(7,9-2)12(17)19-11-10-13(3,4)16(18)14(11,5)6/h10,18H,8-9H2,1-7H3. The van der Waals surface area contributed by atoms with Crippen molar-refractivity contribution in [1.82, 2.24) is 5.06 Å². The Labute approximate surface area is 116 Å². The Hall–Kier alpha value is -0.870. The SMILES string of the molecule is CCC(C)(CC)C(=O)OC1=CC(C)(C)N(O)C1(C)C. The van der Waals surface area contributed by atoms with Crippen LogP contribution >= 0.6 is 0 Å². The van der Waals surface area contributed by atoms with Crippen LogP contribution in [0, 0.1) is 5.41 Å². The number of hydrogen-bond acceptors (Lipinski definition) is 4. The molecule has 1 N–H and O–H groups in total. The van der Waals surface area contributed by atoms with Crippen molar-refractivity contribution < 1.29 is 14.7 Å². The lowest BCUT2D eigenvalue weighted by Gasteiger charge is -2.35. The van der Waals surface area contributed by atoms with Crippen LogP contribution in [0.3, 0.4) is 0 Å². The molecular formula is C15H27NO3. The van der Waals surface area contributed by atoms with E-state index < -0.39 is 16.5 Å². The Balaban J connectivity index is 2.98. The van der Waals surface area contributed by atoms with E-state index in [1.807, 2.05) is 54.5 Å². The summed E-state index contributed by atoms with van der Waals surface area (Å²) in [5.41, 5.74) is -1.70. The number of carbonyl (C=O) groups excluding carboxylic acids is 1. The first-order valence-electron chi connectivity index (χ1n) is 6.96. The Morgan fingerprint density at radius 2 is 1.79 bits per heavy atom. The average Bonchev–Trinajstić information content (AvgIpc) is 2.49. The van der Waals surface area contributed by atoms with Gasteiger partial charge < -0.3 is 9.94 Å². The van der Waals surface area contributed by atoms with Gasteiger partial charge in [-0.2, -0.15) is 5.06 Å². The number of carbonyl (C=O) groups is 1. The monoisotopic (exact) mass is 269 g/mol. The van der Waals surface area contributed by atoms with Gasteiger partial charge in [0.2, 0.25) is 0 Å². The Kier molecular flexibility index (Phi) is 4.18. The second-order valence-electron chi connectivity index (χ2n) is 6.69. The molecule has 110 valence electrons. The van der Waals surface area contributed by atoms with Gasteiger partial charge in [0.15, 0.2) is 0 Å². The molecule has 0 aromatic heterocycles. The fourth-order valence-electron chi connectivity index (χ4n) is 2.30. The third kappa shape index (κ3) is 2.70. The first kappa shape index (κ1) is 16.2. The molecule has 1 heterocycles. The van der Waals surface area contributed by atoms with Crippen molar-refractivity contribution in [1.29, 1.82) is 0 Å². The van der Waals surface area contributed by atoms with Gasteiger partial charge in [0.05, 0.1) is 16.5 Å². The third-order valence-electron chi connectivity index (χ3n) is 4.42. The van der Waals surface area contributed by atoms with Crippen LogP contribution in [0.4, 0.5) is 0 Å². The van der Waals surface area contributed by atoms with E-state index in [2.05, 4.69) is 0 Å². The van der Waals surface area contributed by atoms with Gasteiger partial charge >= 0.3 is 5.97 Å². The number of rotatable bonds is 4. The lowest BCUT2D eigenvalue weighted by atomic mass is 9.85. The summed E-state index contributed by atoms with van der Waals surface area (Å²) in [6.07, 6.45) is 3.29. The van der Waals surface area contributed by atoms with Crippen LogP contribution in [0.15, 0.2) is 11.8 Å². The molecule has 0 aromatic carbocycles. The first-order valence-corrected chi connectivity index (χ1v) is 6.96. The number of nitrogens with zero attached hydrogens (tertiary/aromatic N) is 1. The fourth-order valence-corrected chi connectivity index (χ4v) is 2.30. The van der Waals surface area contributed by atoms with E-state index >= 15 is 0 Å². The van der Waals surface area contributed by atoms with E-state index in [1.54, 1.807) is 0 Å². The molecule has 0 saturated heterocycles. The predicted molar refractivity (Wildman–Crippen MR) is 74.6 cm³/mol. The van der Waals surface area contributed by atoms with Gasteiger partial charge in [-0.15, -0.1) is 0 Å². The van der Waals surface area contributed by atoms with Crippen molar-refractivity contribution in [3.63, 3.8) is 0 Å². The highest BCUT2D eigenvalue weighted by Gasteiger charge is 2.48. The zero-order valence-corrected chi connectivity index (χ0v) is 13.2. The number of hydroxylamine groups is 2. The van der Waals surface area contributed by atoms with E-state index in [-0.39, 0.29) is 5.97 Å². The average molecular weight is 269 g/mol. The van der Waals surface area contributed by atoms with Crippen LogP contribution < -0.4 is 0 Å². The lowest BCUT2D eigenvalue weighted by Crippen LogP contribution is -2.48. The van der Waals surface area contributed by atoms with E-state index in [1.165, 1.54) is 5.06 Å². The Morgan fingerprint density at radius 1 is 1.32 bits per heavy atom. The zero-order chi connectivity index (χ0) is 15.1. The summed E-state index contributed by atoms with van der Waals surface area (Å²) >= 11 is 0. The van der Waals surface area contributed by atoms with Crippen molar-refractivity contribution >= 4 is 5.97 Å². The van der Waals surface area contributed by atoms with Gasteiger partial charge in [-0.3, -0.25) is 4.79 Å². The van der Waals surface area contributed by atoms with Crippen LogP contribution in [0.2, 0.25) is 0 Å². The largest absolute Gasteiger partial charge is 0.429 e. The summed E-state index contributed by atoms with van der Waals surface area (Å²) in [6, 6.07) is 0. The molecule has 1 aliphatic rings. The Morgan fingerprint density at radius 3 is 2.11 bits per heavy atom. The van der Waals surface area contributed by atoms with Crippen molar-refractivity contribution in [2.24, 2.45) is 5.41 Å². The topological polar surface area (TPSA) is 49.8 Å². The molecule has 0 radical (unpaired) electrons. The van der Waals surface area contributed by atoms with E-state index in [0.717, 1.165) is 12.8 Å². The molecule has 0 bridgehead atoms. The summed E-state index contributed by atoms with van der Waals surface area (Å²) in [7, 11) is 0. The van der Waals surface area contributed by atoms with Crippen LogP contribution in [-0.4, -0.2) is 27.3 Å². The summed E-state index contributed by atoms with van der Waals surface area (Å²) in [5, 5.41) is 11.4. The van der Waals surface area contributed by atoms with Gasteiger partial charge in [-0.25, -0.2) is 0 Å². The molecule has 1 aliphatic heterocycles. The molecule has 0 fully saturated rings. The van der Waals surface area contributed by atoms with Gasteiger partial charge in [0.25, 0.3) is 0 Å². The molecule has 4 heteroatoms. The second kappa shape index (κ2) is 4.91. The van der Waals surface area contributed by atoms with Crippen LogP contribution in [0.1, 0.15) is 61.3 Å². The maximum atomic E-state index is 12.3. The maximum absolute atomic E-state index is 12.3. The molecule has 0 aliphatic carbocycles. The molecule has 0 amide bonds. The highest BCUT2D eigenvalue weighted by atomic mass is 16.6. The zero-order valence-electron chi connectivity index (χ0n) is 13.2. The smallest absolute Gasteiger partial charge is 0.316 e. The van der Waals surface area contributed by atoms with Crippen LogP contribution in [0.25, 0.3) is 0 Å². The van der Waals surface area contributed by atoms with Gasteiger partial charge in [-0.1, -0.05) is 13.8 Å². The highest BCUT2D eigenvalue weighted by Crippen LogP contribution is 2.40. The molecule has 0 atom stereocenters. The summed E-state index contributed by atoms with van der Waals surface area (Å²) in [4.78, 5) is 12.3. The van der Waals surface area contributed by atoms with E-state index in [4.69, 9.17) is 4.74 Å². The minimum absolute atomic E-state index is 0.220. The summed E-state index contributed by atoms with van der Waals surface area (Å²) < 4.78 is 5.60. The molecule has 4 nitrogen and oxygen atoms in total. The predicted octanol–water partition coefficient (Wildman–Crippen LogP) is 3.50. The van der Waals surface area contributed by atoms with Gasteiger partial charge in [-0.05, 0) is 53.5 Å². The molecule has 0 spiro atoms. The van der Waals surface area contributed by atoms with E-state index in [0.29, 0.717) is 5.76 Å². The minimum atomic E-state index is -0.693. The first-order chi connectivity index (χ1) is 8.51. The Bertz CT molecular complexity index is 392. The normalized spacial score (nSPS) is 22.2. The van der Waals surface area contributed by atoms with Gasteiger partial charge in [0.1, 0.15) is 5.76 Å². The van der Waals surface area contributed by atoms with Crippen molar-refractivity contribution in [2.45, 2.75) is 72.4 Å². The molecule has 0 unspecified atom stereocenters. The number of hydrogen-bond donors (Lipinski definition) is 1. The van der Waals surface area contributed by atoms with Crippen molar-refractivity contribution in [2.75, 3.05) is 0 Å². The van der Waals surface area contributed by atoms with Crippen molar-refractivity contribution in [3.05, 3.63) is 11.8 Å². The third-order valence-corrected chi connectivity index (χ3v) is 4.42. The van der Waals surface area contributed by atoms with E-state index in [9.17, 15) is 10.0 Å². The van der Waals surface area contributed by atoms with Gasteiger partial charge in [0, 0.05) is 0 Å². The lowest BCUT2D eigenvalue weighted by molar-refractivity contribution is -0.194. The molecule has 19 heavy (non-hydrogen) atoms. The van der Waals surface area contributed by atoms with Crippen molar-refractivity contribution in [3.8, 4) is 0 Å². The number of ether oxygens (including phenoxy) is 1. The summed E-state index contributed by atoms with van der Waals surface area (Å²) in [6.45, 7) is 13.3. The summed E-state index contributed by atoms with van der Waals surface area (Å²) in [5.74, 6) is 0.307. The maximum Gasteiger partial charge on any atom is 0.316 e. The number of esters is 1. The second-order valence-corrected chi connectivity index (χ2v) is 6.69. The quantitative estimate of drug-likeness (QED) is 0.794.